The molecule has 4 N–H and O–H groups in total. The van der Waals surface area contributed by atoms with Crippen molar-refractivity contribution in [3.05, 3.63) is 36.4 Å². The molecule has 3 rings (SSSR count). The number of nitrogens with zero attached hydrogens (tertiary/aromatic N) is 3. The van der Waals surface area contributed by atoms with Crippen LogP contribution in [-0.2, 0) is 0 Å². The van der Waals surface area contributed by atoms with Crippen LogP contribution in [0.1, 0.15) is 6.92 Å². The summed E-state index contributed by atoms with van der Waals surface area (Å²) in [5.41, 5.74) is 12.6. The van der Waals surface area contributed by atoms with Crippen molar-refractivity contribution >= 4 is 22.5 Å². The van der Waals surface area contributed by atoms with Crippen LogP contribution >= 0.6 is 0 Å². The van der Waals surface area contributed by atoms with Crippen LogP contribution in [0.3, 0.4) is 0 Å². The van der Waals surface area contributed by atoms with E-state index < -0.39 is 0 Å². The fourth-order valence-electron chi connectivity index (χ4n) is 2.22. The average molecular weight is 281 g/mol. The Bertz CT molecular complexity index is 803. The first kappa shape index (κ1) is 13.1. The Morgan fingerprint density at radius 3 is 2.43 bits per heavy atom. The molecular weight excluding hydrogens is 266 g/mol. The topological polar surface area (TPSA) is 99.9 Å². The largest absolute Gasteiger partial charge is 0.493 e. The lowest BCUT2D eigenvalue weighted by atomic mass is 10.0. The van der Waals surface area contributed by atoms with E-state index in [1.807, 2.05) is 43.3 Å². The van der Waals surface area contributed by atoms with E-state index in [2.05, 4.69) is 15.2 Å². The smallest absolute Gasteiger partial charge is 0.242 e. The van der Waals surface area contributed by atoms with Crippen LogP contribution in [-0.4, -0.2) is 21.8 Å². The molecule has 1 heterocycles. The minimum atomic E-state index is 0.0509. The molecule has 0 spiro atoms. The van der Waals surface area contributed by atoms with E-state index in [-0.39, 0.29) is 11.8 Å². The lowest BCUT2D eigenvalue weighted by molar-refractivity contribution is 0.342. The van der Waals surface area contributed by atoms with Gasteiger partial charge in [-0.05, 0) is 29.8 Å². The summed E-state index contributed by atoms with van der Waals surface area (Å²) in [5.74, 6) is 0.984. The van der Waals surface area contributed by atoms with Gasteiger partial charge in [-0.15, -0.1) is 10.2 Å². The number of hydrogen-bond donors (Lipinski definition) is 2. The predicted octanol–water partition coefficient (Wildman–Crippen LogP) is 2.25. The molecule has 0 unspecified atom stereocenters. The molecule has 6 heteroatoms. The molecule has 0 saturated carbocycles. The molecule has 0 aliphatic heterocycles. The lowest BCUT2D eigenvalue weighted by Crippen LogP contribution is -2.05. The van der Waals surface area contributed by atoms with Crippen molar-refractivity contribution < 1.29 is 4.74 Å². The second-order valence-corrected chi connectivity index (χ2v) is 4.53. The van der Waals surface area contributed by atoms with E-state index in [1.165, 1.54) is 0 Å². The van der Waals surface area contributed by atoms with Crippen molar-refractivity contribution in [2.75, 3.05) is 18.1 Å². The number of anilines is 2. The number of nitrogen functional groups attached to an aromatic ring is 2. The molecule has 0 radical (unpaired) electrons. The maximum atomic E-state index is 5.91. The van der Waals surface area contributed by atoms with E-state index in [4.69, 9.17) is 16.2 Å². The SMILES string of the molecule is CCOc1cc2ccccc2cc1-c1nnc(N)nc1N. The van der Waals surface area contributed by atoms with Crippen LogP contribution in [0.4, 0.5) is 11.8 Å². The molecule has 3 aromatic rings. The highest BCUT2D eigenvalue weighted by Crippen LogP contribution is 2.35. The normalized spacial score (nSPS) is 10.7. The van der Waals surface area contributed by atoms with Gasteiger partial charge in [0.05, 0.1) is 6.61 Å². The maximum absolute atomic E-state index is 5.91. The standard InChI is InChI=1S/C15H15N5O/c1-2-21-12-8-10-6-4-3-5-9(10)7-11(12)13-14(16)18-15(17)20-19-13/h3-8H,2H2,1H3,(H4,16,17,18,20). The Balaban J connectivity index is 2.26. The van der Waals surface area contributed by atoms with E-state index in [0.29, 0.717) is 18.1 Å². The quantitative estimate of drug-likeness (QED) is 0.763. The van der Waals surface area contributed by atoms with Gasteiger partial charge in [0, 0.05) is 5.56 Å². The van der Waals surface area contributed by atoms with Crippen molar-refractivity contribution in [2.24, 2.45) is 0 Å². The highest BCUT2D eigenvalue weighted by Gasteiger charge is 2.14. The van der Waals surface area contributed by atoms with Gasteiger partial charge in [0.2, 0.25) is 5.95 Å². The van der Waals surface area contributed by atoms with Crippen molar-refractivity contribution in [3.63, 3.8) is 0 Å². The second kappa shape index (κ2) is 5.24. The summed E-state index contributed by atoms with van der Waals surface area (Å²) in [4.78, 5) is 3.96. The Morgan fingerprint density at radius 1 is 1.05 bits per heavy atom. The summed E-state index contributed by atoms with van der Waals surface area (Å²) < 4.78 is 5.70. The minimum absolute atomic E-state index is 0.0509. The van der Waals surface area contributed by atoms with Crippen molar-refractivity contribution in [3.8, 4) is 17.0 Å². The third kappa shape index (κ3) is 2.43. The molecule has 0 aliphatic carbocycles. The zero-order chi connectivity index (χ0) is 14.8. The van der Waals surface area contributed by atoms with E-state index in [0.717, 1.165) is 16.3 Å². The fraction of sp³-hybridized carbons (Fsp3) is 0.133. The monoisotopic (exact) mass is 281 g/mol. The molecule has 0 aliphatic rings. The maximum Gasteiger partial charge on any atom is 0.242 e. The molecule has 0 saturated heterocycles. The van der Waals surface area contributed by atoms with E-state index >= 15 is 0 Å². The van der Waals surface area contributed by atoms with Gasteiger partial charge < -0.3 is 16.2 Å². The fourth-order valence-corrected chi connectivity index (χ4v) is 2.22. The first-order valence-corrected chi connectivity index (χ1v) is 6.60. The molecule has 2 aromatic carbocycles. The van der Waals surface area contributed by atoms with Gasteiger partial charge in [-0.1, -0.05) is 24.3 Å². The van der Waals surface area contributed by atoms with Crippen LogP contribution in [0.15, 0.2) is 36.4 Å². The number of aromatic nitrogens is 3. The van der Waals surface area contributed by atoms with Crippen LogP contribution in [0.2, 0.25) is 0 Å². The van der Waals surface area contributed by atoms with Gasteiger partial charge in [-0.25, -0.2) is 0 Å². The molecule has 1 aromatic heterocycles. The van der Waals surface area contributed by atoms with E-state index in [1.54, 1.807) is 0 Å². The summed E-state index contributed by atoms with van der Waals surface area (Å²) in [5, 5.41) is 9.98. The molecule has 0 amide bonds. The molecule has 21 heavy (non-hydrogen) atoms. The van der Waals surface area contributed by atoms with Gasteiger partial charge in [0.25, 0.3) is 0 Å². The average Bonchev–Trinajstić information content (AvgIpc) is 2.47. The highest BCUT2D eigenvalue weighted by molar-refractivity contribution is 5.91. The Morgan fingerprint density at radius 2 is 1.76 bits per heavy atom. The van der Waals surface area contributed by atoms with Gasteiger partial charge in [0.1, 0.15) is 11.4 Å². The number of hydrogen-bond acceptors (Lipinski definition) is 6. The second-order valence-electron chi connectivity index (χ2n) is 4.53. The molecule has 106 valence electrons. The number of rotatable bonds is 3. The molecule has 0 fully saturated rings. The Kier molecular flexibility index (Phi) is 3.27. The third-order valence-electron chi connectivity index (χ3n) is 3.13. The van der Waals surface area contributed by atoms with Gasteiger partial charge >= 0.3 is 0 Å². The molecule has 0 atom stereocenters. The molecular formula is C15H15N5O. The van der Waals surface area contributed by atoms with E-state index in [9.17, 15) is 0 Å². The van der Waals surface area contributed by atoms with Crippen molar-refractivity contribution in [2.45, 2.75) is 6.92 Å². The number of nitrogens with two attached hydrogens (primary N) is 2. The summed E-state index contributed by atoms with van der Waals surface area (Å²) in [6.45, 7) is 2.47. The summed E-state index contributed by atoms with van der Waals surface area (Å²) in [6.07, 6.45) is 0. The Hall–Kier alpha value is -2.89. The lowest BCUT2D eigenvalue weighted by Gasteiger charge is -2.12. The van der Waals surface area contributed by atoms with Crippen LogP contribution < -0.4 is 16.2 Å². The first-order chi connectivity index (χ1) is 10.2. The highest BCUT2D eigenvalue weighted by atomic mass is 16.5. The minimum Gasteiger partial charge on any atom is -0.493 e. The third-order valence-corrected chi connectivity index (χ3v) is 3.13. The van der Waals surface area contributed by atoms with Crippen LogP contribution in [0.5, 0.6) is 5.75 Å². The van der Waals surface area contributed by atoms with Crippen molar-refractivity contribution in [1.82, 2.24) is 15.2 Å². The Labute approximate surface area is 121 Å². The number of ether oxygens (including phenoxy) is 1. The summed E-state index contributed by atoms with van der Waals surface area (Å²) >= 11 is 0. The van der Waals surface area contributed by atoms with Crippen LogP contribution in [0.25, 0.3) is 22.0 Å². The van der Waals surface area contributed by atoms with Gasteiger partial charge in [0.15, 0.2) is 5.82 Å². The number of benzene rings is 2. The summed E-state index contributed by atoms with van der Waals surface area (Å²) in [7, 11) is 0. The molecule has 6 nitrogen and oxygen atoms in total. The zero-order valence-corrected chi connectivity index (χ0v) is 11.6. The molecule has 0 bridgehead atoms. The van der Waals surface area contributed by atoms with Gasteiger partial charge in [-0.2, -0.15) is 4.98 Å². The van der Waals surface area contributed by atoms with Gasteiger partial charge in [-0.3, -0.25) is 0 Å². The van der Waals surface area contributed by atoms with Crippen LogP contribution in [0, 0.1) is 0 Å². The zero-order valence-electron chi connectivity index (χ0n) is 11.6. The number of fused-ring (bicyclic) bond motifs is 1. The first-order valence-electron chi connectivity index (χ1n) is 6.60. The predicted molar refractivity (Wildman–Crippen MR) is 82.8 cm³/mol. The van der Waals surface area contributed by atoms with Crippen molar-refractivity contribution in [1.29, 1.82) is 0 Å². The summed E-state index contributed by atoms with van der Waals surface area (Å²) in [6, 6.07) is 11.9.